The van der Waals surface area contributed by atoms with Crippen LogP contribution in [0.4, 0.5) is 0 Å². The third-order valence-electron chi connectivity index (χ3n) is 8.06. The fraction of sp³-hybridized carbons (Fsp3) is 0.600. The third-order valence-corrected chi connectivity index (χ3v) is 9.01. The van der Waals surface area contributed by atoms with Gasteiger partial charge in [0.05, 0.1) is 0 Å². The van der Waals surface area contributed by atoms with Crippen LogP contribution >= 0.6 is 31.9 Å². The van der Waals surface area contributed by atoms with Gasteiger partial charge in [0.2, 0.25) is 0 Å². The summed E-state index contributed by atoms with van der Waals surface area (Å²) in [6.45, 7) is 6.92. The van der Waals surface area contributed by atoms with Gasteiger partial charge in [-0.05, 0) is 101 Å². The van der Waals surface area contributed by atoms with E-state index in [2.05, 4.69) is 83.0 Å². The molecule has 0 spiro atoms. The zero-order valence-electron chi connectivity index (χ0n) is 23.9. The summed E-state index contributed by atoms with van der Waals surface area (Å²) >= 11 is 7.74. The predicted molar refractivity (Wildman–Crippen MR) is 174 cm³/mol. The Kier molecular flexibility index (Phi) is 14.1. The van der Waals surface area contributed by atoms with Crippen molar-refractivity contribution in [2.75, 3.05) is 0 Å². The summed E-state index contributed by atoms with van der Waals surface area (Å²) in [4.78, 5) is 0. The van der Waals surface area contributed by atoms with E-state index < -0.39 is 0 Å². The lowest BCUT2D eigenvalue weighted by Crippen LogP contribution is -2.02. The van der Waals surface area contributed by atoms with Gasteiger partial charge >= 0.3 is 0 Å². The minimum atomic E-state index is 1.17. The Morgan fingerprint density at radius 3 is 1.57 bits per heavy atom. The van der Waals surface area contributed by atoms with E-state index in [9.17, 15) is 0 Å². The van der Waals surface area contributed by atoms with Gasteiger partial charge in [-0.15, -0.1) is 0 Å². The highest BCUT2D eigenvalue weighted by Gasteiger charge is 2.18. The van der Waals surface area contributed by atoms with E-state index in [4.69, 9.17) is 0 Å². The van der Waals surface area contributed by atoms with Crippen LogP contribution in [0.25, 0.3) is 21.5 Å². The minimum Gasteiger partial charge on any atom is -0.0654 e. The van der Waals surface area contributed by atoms with E-state index in [0.717, 1.165) is 0 Å². The van der Waals surface area contributed by atoms with E-state index in [1.165, 1.54) is 152 Å². The Morgan fingerprint density at radius 1 is 0.459 bits per heavy atom. The van der Waals surface area contributed by atoms with Crippen molar-refractivity contribution in [2.24, 2.45) is 0 Å². The first kappa shape index (κ1) is 30.7. The van der Waals surface area contributed by atoms with Crippen molar-refractivity contribution < 1.29 is 0 Å². The molecule has 37 heavy (non-hydrogen) atoms. The molecule has 0 radical (unpaired) electrons. The summed E-state index contributed by atoms with van der Waals surface area (Å²) in [5, 5.41) is 6.00. The SMILES string of the molecule is CCCCCCCCc1c(CCCCCCCC)c2cc(Br)cc(CCCCC)c2c2ccc(Br)cc12. The maximum Gasteiger partial charge on any atom is 0.0184 e. The van der Waals surface area contributed by atoms with Crippen LogP contribution in [0.5, 0.6) is 0 Å². The van der Waals surface area contributed by atoms with Crippen molar-refractivity contribution in [3.8, 4) is 0 Å². The lowest BCUT2D eigenvalue weighted by atomic mass is 9.84. The lowest BCUT2D eigenvalue weighted by molar-refractivity contribution is 0.600. The number of halogens is 2. The second-order valence-corrected chi connectivity index (χ2v) is 13.0. The summed E-state index contributed by atoms with van der Waals surface area (Å²) in [5.74, 6) is 0. The van der Waals surface area contributed by atoms with Gasteiger partial charge in [-0.25, -0.2) is 0 Å². The molecule has 0 unspecified atom stereocenters. The smallest absolute Gasteiger partial charge is 0.0184 e. The highest BCUT2D eigenvalue weighted by molar-refractivity contribution is 9.10. The molecule has 0 aromatic heterocycles. The number of fused-ring (bicyclic) bond motifs is 3. The van der Waals surface area contributed by atoms with E-state index in [1.54, 1.807) is 11.1 Å². The summed E-state index contributed by atoms with van der Waals surface area (Å²) in [5.41, 5.74) is 4.80. The summed E-state index contributed by atoms with van der Waals surface area (Å²) < 4.78 is 2.45. The van der Waals surface area contributed by atoms with Crippen LogP contribution in [0.2, 0.25) is 0 Å². The molecular formula is C35H50Br2. The number of benzene rings is 3. The van der Waals surface area contributed by atoms with Crippen LogP contribution in [0.15, 0.2) is 39.3 Å². The first-order valence-electron chi connectivity index (χ1n) is 15.5. The summed E-state index contributed by atoms with van der Waals surface area (Å²) in [6.07, 6.45) is 23.7. The standard InChI is InChI=1S/C35H50Br2/c1-4-7-10-12-14-17-20-30-31(21-18-15-13-11-8-5-2)34-26-29(37)24-27(19-16-9-6-3)35(34)32-23-22-28(36)25-33(30)32/h22-26H,4-21H2,1-3H3. The molecule has 0 heterocycles. The monoisotopic (exact) mass is 628 g/mol. The molecule has 0 bridgehead atoms. The highest BCUT2D eigenvalue weighted by Crippen LogP contribution is 2.40. The summed E-state index contributed by atoms with van der Waals surface area (Å²) in [6, 6.07) is 11.9. The van der Waals surface area contributed by atoms with Gasteiger partial charge in [0.25, 0.3) is 0 Å². The minimum absolute atomic E-state index is 1.17. The van der Waals surface area contributed by atoms with E-state index >= 15 is 0 Å². The largest absolute Gasteiger partial charge is 0.0654 e. The van der Waals surface area contributed by atoms with Crippen LogP contribution in [0.1, 0.15) is 134 Å². The Labute approximate surface area is 244 Å². The maximum atomic E-state index is 3.92. The van der Waals surface area contributed by atoms with Crippen LogP contribution in [0, 0.1) is 0 Å². The molecule has 0 aliphatic heterocycles. The molecule has 2 heteroatoms. The van der Waals surface area contributed by atoms with Gasteiger partial charge in [-0.3, -0.25) is 0 Å². The zero-order valence-corrected chi connectivity index (χ0v) is 27.0. The van der Waals surface area contributed by atoms with Crippen molar-refractivity contribution >= 4 is 53.4 Å². The fourth-order valence-electron chi connectivity index (χ4n) is 6.03. The second kappa shape index (κ2) is 17.0. The van der Waals surface area contributed by atoms with Gasteiger partial charge in [0, 0.05) is 8.95 Å². The van der Waals surface area contributed by atoms with E-state index in [0.29, 0.717) is 0 Å². The van der Waals surface area contributed by atoms with E-state index in [1.807, 2.05) is 0 Å². The average Bonchev–Trinajstić information content (AvgIpc) is 2.88. The molecular weight excluding hydrogens is 580 g/mol. The van der Waals surface area contributed by atoms with Crippen LogP contribution < -0.4 is 0 Å². The quantitative estimate of drug-likeness (QED) is 0.0969. The number of unbranched alkanes of at least 4 members (excludes halogenated alkanes) is 12. The van der Waals surface area contributed by atoms with Gasteiger partial charge < -0.3 is 0 Å². The van der Waals surface area contributed by atoms with Crippen molar-refractivity contribution in [1.29, 1.82) is 0 Å². The van der Waals surface area contributed by atoms with Gasteiger partial charge in [-0.1, -0.05) is 136 Å². The Balaban J connectivity index is 2.05. The molecule has 3 rings (SSSR count). The molecule has 3 aromatic rings. The van der Waals surface area contributed by atoms with Crippen molar-refractivity contribution in [2.45, 2.75) is 136 Å². The number of aryl methyl sites for hydroxylation is 3. The number of hydrogen-bond donors (Lipinski definition) is 0. The molecule has 0 nitrogen and oxygen atoms in total. The molecule has 0 aliphatic rings. The first-order chi connectivity index (χ1) is 18.1. The second-order valence-electron chi connectivity index (χ2n) is 11.1. The molecule has 3 aromatic carbocycles. The highest BCUT2D eigenvalue weighted by atomic mass is 79.9. The zero-order chi connectivity index (χ0) is 26.5. The molecule has 204 valence electrons. The molecule has 0 saturated heterocycles. The first-order valence-corrected chi connectivity index (χ1v) is 17.0. The maximum absolute atomic E-state index is 3.92. The normalized spacial score (nSPS) is 11.7. The topological polar surface area (TPSA) is 0 Å². The van der Waals surface area contributed by atoms with Crippen molar-refractivity contribution in [1.82, 2.24) is 0 Å². The van der Waals surface area contributed by atoms with E-state index in [-0.39, 0.29) is 0 Å². The van der Waals surface area contributed by atoms with Gasteiger partial charge in [0.1, 0.15) is 0 Å². The molecule has 0 aliphatic carbocycles. The molecule has 0 atom stereocenters. The van der Waals surface area contributed by atoms with Crippen LogP contribution in [0.3, 0.4) is 0 Å². The Hall–Kier alpha value is -0.860. The van der Waals surface area contributed by atoms with Crippen LogP contribution in [-0.2, 0) is 19.3 Å². The fourth-order valence-corrected chi connectivity index (χ4v) is 6.89. The van der Waals surface area contributed by atoms with Crippen molar-refractivity contribution in [3.63, 3.8) is 0 Å². The summed E-state index contributed by atoms with van der Waals surface area (Å²) in [7, 11) is 0. The molecule has 0 saturated carbocycles. The van der Waals surface area contributed by atoms with Gasteiger partial charge in [-0.2, -0.15) is 0 Å². The average molecular weight is 631 g/mol. The lowest BCUT2D eigenvalue weighted by Gasteiger charge is -2.21. The predicted octanol–water partition coefficient (Wildman–Crippen LogP) is 13.1. The van der Waals surface area contributed by atoms with Crippen molar-refractivity contribution in [3.05, 3.63) is 56.0 Å². The third kappa shape index (κ3) is 9.10. The Bertz CT molecular complexity index is 1100. The molecule has 0 amide bonds. The van der Waals surface area contributed by atoms with Gasteiger partial charge in [0.15, 0.2) is 0 Å². The number of rotatable bonds is 18. The van der Waals surface area contributed by atoms with Crippen LogP contribution in [-0.4, -0.2) is 0 Å². The molecule has 0 N–H and O–H groups in total. The molecule has 0 fully saturated rings. The Morgan fingerprint density at radius 2 is 0.946 bits per heavy atom. The number of hydrogen-bond acceptors (Lipinski definition) is 0.